The molecule has 0 spiro atoms. The highest BCUT2D eigenvalue weighted by Crippen LogP contribution is 2.34. The molecule has 3 aromatic carbocycles. The summed E-state index contributed by atoms with van der Waals surface area (Å²) < 4.78 is 75.5. The van der Waals surface area contributed by atoms with Crippen LogP contribution >= 0.6 is 23.2 Å². The number of hydrogen-bond donors (Lipinski definition) is 0. The van der Waals surface area contributed by atoms with Gasteiger partial charge in [-0.15, -0.1) is 0 Å². The zero-order valence-electron chi connectivity index (χ0n) is 17.9. The minimum Gasteiger partial charge on any atom is -0.493 e. The molecule has 5 nitrogen and oxygen atoms in total. The number of sulfone groups is 1. The molecule has 182 valence electrons. The number of benzene rings is 3. The molecule has 0 atom stereocenters. The zero-order chi connectivity index (χ0) is 25.8. The van der Waals surface area contributed by atoms with Crippen molar-refractivity contribution in [3.05, 3.63) is 92.3 Å². The molecule has 3 aromatic rings. The van der Waals surface area contributed by atoms with Gasteiger partial charge in [0.05, 0.1) is 22.6 Å². The first-order valence-electron chi connectivity index (χ1n) is 9.74. The Labute approximate surface area is 209 Å². The molecule has 0 aliphatic heterocycles. The fraction of sp³-hybridized carbons (Fsp3) is 0.125. The van der Waals surface area contributed by atoms with Gasteiger partial charge in [-0.2, -0.15) is 18.4 Å². The summed E-state index contributed by atoms with van der Waals surface area (Å²) in [5.74, 6) is 0.391. The smallest absolute Gasteiger partial charge is 0.416 e. The highest BCUT2D eigenvalue weighted by atomic mass is 35.5. The Morgan fingerprint density at radius 3 is 2.46 bits per heavy atom. The summed E-state index contributed by atoms with van der Waals surface area (Å²) in [5.41, 5.74) is -0.204. The third kappa shape index (κ3) is 6.28. The highest BCUT2D eigenvalue weighted by Gasteiger charge is 2.30. The van der Waals surface area contributed by atoms with E-state index in [-0.39, 0.29) is 33.0 Å². The lowest BCUT2D eigenvalue weighted by atomic mass is 10.1. The average Bonchev–Trinajstić information content (AvgIpc) is 2.82. The van der Waals surface area contributed by atoms with Gasteiger partial charge in [0, 0.05) is 5.02 Å². The molecule has 0 saturated heterocycles. The number of nitrogens with zero attached hydrogens (tertiary/aromatic N) is 1. The first kappa shape index (κ1) is 26.4. The SMILES string of the molecule is COc1cc(/C=C(\C#N)S(=O)(=O)c2cc(Cl)ccc2Cl)ccc1OCc1cccc(C(F)(F)F)c1. The Morgan fingerprint density at radius 1 is 1.06 bits per heavy atom. The van der Waals surface area contributed by atoms with Gasteiger partial charge in [-0.25, -0.2) is 8.42 Å². The van der Waals surface area contributed by atoms with Gasteiger partial charge in [0.15, 0.2) is 11.5 Å². The minimum atomic E-state index is -4.48. The van der Waals surface area contributed by atoms with Gasteiger partial charge in [-0.3, -0.25) is 0 Å². The fourth-order valence-corrected chi connectivity index (χ4v) is 4.93. The topological polar surface area (TPSA) is 76.4 Å². The van der Waals surface area contributed by atoms with E-state index in [4.69, 9.17) is 32.7 Å². The standard InChI is InChI=1S/C24H16Cl2F3NO4S/c1-33-22-11-15(10-19(13-30)35(31,32)23-12-18(25)6-7-20(23)26)5-8-21(22)34-14-16-3-2-4-17(9-16)24(27,28)29/h2-12H,14H2,1H3/b19-10+. The molecule has 35 heavy (non-hydrogen) atoms. The van der Waals surface area contributed by atoms with Crippen LogP contribution in [-0.2, 0) is 22.6 Å². The molecule has 3 rings (SSSR count). The molecule has 0 fully saturated rings. The Bertz CT molecular complexity index is 1430. The summed E-state index contributed by atoms with van der Waals surface area (Å²) in [6.45, 7) is -0.166. The van der Waals surface area contributed by atoms with Crippen LogP contribution in [0.4, 0.5) is 13.2 Å². The molecular formula is C24H16Cl2F3NO4S. The number of allylic oxidation sites excluding steroid dienone is 1. The van der Waals surface area contributed by atoms with Crippen LogP contribution in [0.5, 0.6) is 11.5 Å². The Balaban J connectivity index is 1.88. The van der Waals surface area contributed by atoms with E-state index in [2.05, 4.69) is 0 Å². The van der Waals surface area contributed by atoms with Crippen molar-refractivity contribution in [1.29, 1.82) is 5.26 Å². The highest BCUT2D eigenvalue weighted by molar-refractivity contribution is 7.95. The molecule has 0 amide bonds. The van der Waals surface area contributed by atoms with Crippen molar-refractivity contribution in [1.82, 2.24) is 0 Å². The molecule has 0 radical (unpaired) electrons. The van der Waals surface area contributed by atoms with Gasteiger partial charge < -0.3 is 9.47 Å². The van der Waals surface area contributed by atoms with E-state index in [1.54, 1.807) is 6.07 Å². The lowest BCUT2D eigenvalue weighted by Gasteiger charge is -2.13. The third-order valence-corrected chi connectivity index (χ3v) is 7.10. The van der Waals surface area contributed by atoms with E-state index in [0.717, 1.165) is 24.3 Å². The van der Waals surface area contributed by atoms with Crippen molar-refractivity contribution >= 4 is 39.1 Å². The summed E-state index contributed by atoms with van der Waals surface area (Å²) in [6, 6.07) is 14.6. The predicted molar refractivity (Wildman–Crippen MR) is 126 cm³/mol. The second-order valence-corrected chi connectivity index (χ2v) is 9.83. The van der Waals surface area contributed by atoms with E-state index in [1.807, 2.05) is 0 Å². The molecule has 0 aliphatic carbocycles. The summed E-state index contributed by atoms with van der Waals surface area (Å²) in [6.07, 6.45) is -3.35. The van der Waals surface area contributed by atoms with Gasteiger partial charge in [0.25, 0.3) is 0 Å². The second-order valence-electron chi connectivity index (χ2n) is 7.10. The molecule has 0 saturated carbocycles. The second kappa shape index (κ2) is 10.6. The maximum absolute atomic E-state index is 12.9. The monoisotopic (exact) mass is 541 g/mol. The first-order valence-corrected chi connectivity index (χ1v) is 12.0. The summed E-state index contributed by atoms with van der Waals surface area (Å²) in [5, 5.41) is 9.55. The van der Waals surface area contributed by atoms with Crippen LogP contribution in [0.15, 0.2) is 70.5 Å². The van der Waals surface area contributed by atoms with E-state index in [9.17, 15) is 26.9 Å². The molecule has 0 unspecified atom stereocenters. The van der Waals surface area contributed by atoms with E-state index in [1.165, 1.54) is 49.6 Å². The van der Waals surface area contributed by atoms with Crippen molar-refractivity contribution in [2.45, 2.75) is 17.7 Å². The van der Waals surface area contributed by atoms with E-state index < -0.39 is 26.5 Å². The van der Waals surface area contributed by atoms with E-state index >= 15 is 0 Å². The number of hydrogen-bond acceptors (Lipinski definition) is 5. The summed E-state index contributed by atoms with van der Waals surface area (Å²) in [4.78, 5) is -0.895. The van der Waals surface area contributed by atoms with Gasteiger partial charge in [-0.1, -0.05) is 41.4 Å². The molecular weight excluding hydrogens is 526 g/mol. The van der Waals surface area contributed by atoms with Crippen molar-refractivity contribution in [2.75, 3.05) is 7.11 Å². The van der Waals surface area contributed by atoms with Crippen LogP contribution in [0.3, 0.4) is 0 Å². The van der Waals surface area contributed by atoms with Crippen molar-refractivity contribution < 1.29 is 31.1 Å². The largest absolute Gasteiger partial charge is 0.493 e. The van der Waals surface area contributed by atoms with Crippen molar-refractivity contribution in [3.8, 4) is 17.6 Å². The number of alkyl halides is 3. The Kier molecular flexibility index (Phi) is 8.00. The van der Waals surface area contributed by atoms with Crippen LogP contribution in [0, 0.1) is 11.3 Å². The molecule has 0 heterocycles. The fourth-order valence-electron chi connectivity index (χ4n) is 3.01. The lowest BCUT2D eigenvalue weighted by Crippen LogP contribution is -2.06. The number of nitriles is 1. The maximum Gasteiger partial charge on any atom is 0.416 e. The maximum atomic E-state index is 12.9. The summed E-state index contributed by atoms with van der Waals surface area (Å²) in [7, 11) is -2.93. The van der Waals surface area contributed by atoms with Gasteiger partial charge in [0.1, 0.15) is 17.6 Å². The number of ether oxygens (including phenoxy) is 2. The number of methoxy groups -OCH3 is 1. The van der Waals surface area contributed by atoms with Crippen LogP contribution in [-0.4, -0.2) is 15.5 Å². The quantitative estimate of drug-likeness (QED) is 0.303. The van der Waals surface area contributed by atoms with E-state index in [0.29, 0.717) is 11.1 Å². The minimum absolute atomic E-state index is 0.0912. The molecule has 0 aromatic heterocycles. The van der Waals surface area contributed by atoms with Crippen molar-refractivity contribution in [3.63, 3.8) is 0 Å². The Morgan fingerprint density at radius 2 is 1.80 bits per heavy atom. The van der Waals surface area contributed by atoms with Crippen LogP contribution in [0.1, 0.15) is 16.7 Å². The number of rotatable bonds is 7. The zero-order valence-corrected chi connectivity index (χ0v) is 20.3. The Hall–Kier alpha value is -3.19. The molecule has 0 aliphatic rings. The average molecular weight is 542 g/mol. The van der Waals surface area contributed by atoms with Gasteiger partial charge in [0.2, 0.25) is 9.84 Å². The van der Waals surface area contributed by atoms with Crippen LogP contribution in [0.25, 0.3) is 6.08 Å². The van der Waals surface area contributed by atoms with Crippen molar-refractivity contribution in [2.24, 2.45) is 0 Å². The molecule has 0 bridgehead atoms. The molecule has 11 heteroatoms. The van der Waals surface area contributed by atoms with Crippen LogP contribution in [0.2, 0.25) is 10.0 Å². The van der Waals surface area contributed by atoms with Gasteiger partial charge in [-0.05, 0) is 59.7 Å². The first-order chi connectivity index (χ1) is 16.5. The van der Waals surface area contributed by atoms with Gasteiger partial charge >= 0.3 is 6.18 Å². The predicted octanol–water partition coefficient (Wildman–Crippen LogP) is 6.94. The molecule has 0 N–H and O–H groups in total. The third-order valence-electron chi connectivity index (χ3n) is 4.72. The normalized spacial score (nSPS) is 12.2. The lowest BCUT2D eigenvalue weighted by molar-refractivity contribution is -0.137. The summed E-state index contributed by atoms with van der Waals surface area (Å²) >= 11 is 11.9. The van der Waals surface area contributed by atoms with Crippen LogP contribution < -0.4 is 9.47 Å². The number of halogens is 5.